The van der Waals surface area contributed by atoms with E-state index in [0.717, 1.165) is 35.9 Å². The highest BCUT2D eigenvalue weighted by Crippen LogP contribution is 2.31. The average molecular weight is 545 g/mol. The van der Waals surface area contributed by atoms with Crippen molar-refractivity contribution in [3.63, 3.8) is 0 Å². The van der Waals surface area contributed by atoms with Gasteiger partial charge in [-0.05, 0) is 84.4 Å². The van der Waals surface area contributed by atoms with Crippen molar-refractivity contribution in [3.05, 3.63) is 60.7 Å². The van der Waals surface area contributed by atoms with E-state index >= 15 is 0 Å². The summed E-state index contributed by atoms with van der Waals surface area (Å²) >= 11 is 13.5. The second kappa shape index (κ2) is 9.68. The van der Waals surface area contributed by atoms with E-state index in [-0.39, 0.29) is 16.4 Å². The Morgan fingerprint density at radius 1 is 1.17 bits per heavy atom. The summed E-state index contributed by atoms with van der Waals surface area (Å²) in [6.07, 6.45) is 3.13. The molecule has 2 N–H and O–H groups in total. The van der Waals surface area contributed by atoms with Crippen molar-refractivity contribution >= 4 is 74.5 Å². The molecule has 1 amide bonds. The van der Waals surface area contributed by atoms with Crippen LogP contribution in [0.15, 0.2) is 36.4 Å². The lowest BCUT2D eigenvalue weighted by Crippen LogP contribution is -2.34. The van der Waals surface area contributed by atoms with Gasteiger partial charge in [-0.3, -0.25) is 20.2 Å². The fourth-order valence-corrected chi connectivity index (χ4v) is 4.24. The fraction of sp³-hybridized carbons (Fsp3) is 0.263. The third-order valence-electron chi connectivity index (χ3n) is 4.54. The average Bonchev–Trinajstić information content (AvgIpc) is 2.70. The van der Waals surface area contributed by atoms with Gasteiger partial charge in [0.05, 0.1) is 15.6 Å². The second-order valence-electron chi connectivity index (χ2n) is 6.54. The predicted octanol–water partition coefficient (Wildman–Crippen LogP) is 4.97. The molecule has 1 saturated heterocycles. The normalized spacial score (nSPS) is 13.7. The molecule has 0 radical (unpaired) electrons. The van der Waals surface area contributed by atoms with Gasteiger partial charge in [0.1, 0.15) is 5.69 Å². The number of carbonyl (C=O) groups is 1. The molecule has 1 fully saturated rings. The van der Waals surface area contributed by atoms with Crippen LogP contribution in [0.4, 0.5) is 17.1 Å². The Kier molecular flexibility index (Phi) is 7.25. The van der Waals surface area contributed by atoms with E-state index in [9.17, 15) is 14.9 Å². The Balaban J connectivity index is 1.73. The van der Waals surface area contributed by atoms with Crippen LogP contribution in [-0.2, 0) is 0 Å². The molecule has 152 valence electrons. The number of benzene rings is 2. The van der Waals surface area contributed by atoms with Crippen molar-refractivity contribution in [3.8, 4) is 0 Å². The summed E-state index contributed by atoms with van der Waals surface area (Å²) in [5.74, 6) is -0.530. The number of carbonyl (C=O) groups excluding carboxylic acids is 1. The number of nitrogens with zero attached hydrogens (tertiary/aromatic N) is 2. The van der Waals surface area contributed by atoms with Crippen molar-refractivity contribution < 1.29 is 9.72 Å². The zero-order valence-electron chi connectivity index (χ0n) is 15.3. The summed E-state index contributed by atoms with van der Waals surface area (Å²) in [5.41, 5.74) is 1.18. The van der Waals surface area contributed by atoms with E-state index in [0.29, 0.717) is 16.4 Å². The summed E-state index contributed by atoms with van der Waals surface area (Å²) in [7, 11) is 0. The first kappa shape index (κ1) is 21.7. The Hall–Kier alpha value is -1.98. The molecule has 29 heavy (non-hydrogen) atoms. The lowest BCUT2D eigenvalue weighted by molar-refractivity contribution is -0.384. The second-order valence-corrected chi connectivity index (χ2v) is 8.60. The first-order valence-electron chi connectivity index (χ1n) is 8.96. The summed E-state index contributed by atoms with van der Waals surface area (Å²) in [6, 6.07) is 9.86. The minimum atomic E-state index is -0.530. The van der Waals surface area contributed by atoms with E-state index in [4.69, 9.17) is 23.8 Å². The number of rotatable bonds is 4. The third kappa shape index (κ3) is 5.55. The van der Waals surface area contributed by atoms with Gasteiger partial charge in [-0.25, -0.2) is 0 Å². The number of hydrogen-bond donors (Lipinski definition) is 2. The molecule has 0 atom stereocenters. The van der Waals surface area contributed by atoms with Crippen molar-refractivity contribution in [2.24, 2.45) is 0 Å². The maximum atomic E-state index is 12.5. The Labute approximate surface area is 192 Å². The van der Waals surface area contributed by atoms with Gasteiger partial charge in [0, 0.05) is 28.3 Å². The standard InChI is InChI=1S/C19H18ClIN4O3S/c20-14-11-13(21)5-6-15(14)22-19(29)23-18(26)12-4-7-16(17(10-12)25(27)28)24-8-2-1-3-9-24/h4-7,10-11H,1-3,8-9H2,(H2,22,23,26,29). The van der Waals surface area contributed by atoms with E-state index in [1.165, 1.54) is 6.07 Å². The van der Waals surface area contributed by atoms with Crippen LogP contribution in [-0.4, -0.2) is 29.0 Å². The van der Waals surface area contributed by atoms with Crippen molar-refractivity contribution in [1.82, 2.24) is 5.32 Å². The number of nitrogens with one attached hydrogen (secondary N) is 2. The molecular weight excluding hydrogens is 527 g/mol. The number of nitro benzene ring substituents is 1. The summed E-state index contributed by atoms with van der Waals surface area (Å²) in [4.78, 5) is 25.6. The monoisotopic (exact) mass is 544 g/mol. The summed E-state index contributed by atoms with van der Waals surface area (Å²) < 4.78 is 0.967. The maximum Gasteiger partial charge on any atom is 0.293 e. The molecule has 0 aliphatic carbocycles. The van der Waals surface area contributed by atoms with Crippen LogP contribution in [0.2, 0.25) is 5.02 Å². The number of hydrogen-bond acceptors (Lipinski definition) is 5. The van der Waals surface area contributed by atoms with Crippen LogP contribution in [0, 0.1) is 13.7 Å². The minimum Gasteiger partial charge on any atom is -0.366 e. The summed E-state index contributed by atoms with van der Waals surface area (Å²) in [5, 5.41) is 17.5. The lowest BCUT2D eigenvalue weighted by atomic mass is 10.1. The van der Waals surface area contributed by atoms with Crippen LogP contribution in [0.25, 0.3) is 0 Å². The zero-order valence-corrected chi connectivity index (χ0v) is 19.0. The topological polar surface area (TPSA) is 87.5 Å². The molecule has 7 nitrogen and oxygen atoms in total. The highest BCUT2D eigenvalue weighted by molar-refractivity contribution is 14.1. The Bertz CT molecular complexity index is 966. The smallest absolute Gasteiger partial charge is 0.293 e. The largest absolute Gasteiger partial charge is 0.366 e. The van der Waals surface area contributed by atoms with E-state index in [2.05, 4.69) is 33.2 Å². The number of thiocarbonyl (C=S) groups is 1. The van der Waals surface area contributed by atoms with Gasteiger partial charge in [-0.15, -0.1) is 0 Å². The first-order chi connectivity index (χ1) is 13.8. The molecule has 0 bridgehead atoms. The number of halogens is 2. The summed E-state index contributed by atoms with van der Waals surface area (Å²) in [6.45, 7) is 1.55. The van der Waals surface area contributed by atoms with Gasteiger partial charge in [-0.1, -0.05) is 11.6 Å². The van der Waals surface area contributed by atoms with Gasteiger partial charge >= 0.3 is 0 Å². The molecule has 2 aromatic rings. The van der Waals surface area contributed by atoms with Crippen molar-refractivity contribution in [2.75, 3.05) is 23.3 Å². The lowest BCUT2D eigenvalue weighted by Gasteiger charge is -2.28. The molecule has 1 aliphatic rings. The molecule has 0 saturated carbocycles. The molecule has 1 aliphatic heterocycles. The van der Waals surface area contributed by atoms with E-state index in [1.807, 2.05) is 11.0 Å². The van der Waals surface area contributed by atoms with Crippen LogP contribution < -0.4 is 15.5 Å². The van der Waals surface area contributed by atoms with E-state index in [1.54, 1.807) is 24.3 Å². The molecule has 10 heteroatoms. The van der Waals surface area contributed by atoms with Crippen molar-refractivity contribution in [1.29, 1.82) is 0 Å². The van der Waals surface area contributed by atoms with Crippen molar-refractivity contribution in [2.45, 2.75) is 19.3 Å². The molecule has 2 aromatic carbocycles. The van der Waals surface area contributed by atoms with Gasteiger partial charge in [0.15, 0.2) is 5.11 Å². The quantitative estimate of drug-likeness (QED) is 0.245. The molecule has 0 spiro atoms. The Morgan fingerprint density at radius 2 is 1.90 bits per heavy atom. The molecule has 0 aromatic heterocycles. The molecule has 0 unspecified atom stereocenters. The maximum absolute atomic E-state index is 12.5. The van der Waals surface area contributed by atoms with Gasteiger partial charge in [0.25, 0.3) is 11.6 Å². The van der Waals surface area contributed by atoms with Gasteiger partial charge in [-0.2, -0.15) is 0 Å². The highest BCUT2D eigenvalue weighted by Gasteiger charge is 2.23. The highest BCUT2D eigenvalue weighted by atomic mass is 127. The zero-order chi connectivity index (χ0) is 21.0. The Morgan fingerprint density at radius 3 is 2.55 bits per heavy atom. The molecule has 3 rings (SSSR count). The van der Waals surface area contributed by atoms with Crippen LogP contribution >= 0.6 is 46.4 Å². The SMILES string of the molecule is O=C(NC(=S)Nc1ccc(I)cc1Cl)c1ccc(N2CCCCC2)c([N+](=O)[O-])c1. The minimum absolute atomic E-state index is 0.0564. The fourth-order valence-electron chi connectivity index (χ4n) is 3.13. The number of piperidine rings is 1. The number of nitro groups is 1. The van der Waals surface area contributed by atoms with Gasteiger partial charge < -0.3 is 10.2 Å². The van der Waals surface area contributed by atoms with E-state index < -0.39 is 10.8 Å². The number of amides is 1. The van der Waals surface area contributed by atoms with Gasteiger partial charge in [0.2, 0.25) is 0 Å². The van der Waals surface area contributed by atoms with Crippen LogP contribution in [0.3, 0.4) is 0 Å². The molecule has 1 heterocycles. The predicted molar refractivity (Wildman–Crippen MR) is 127 cm³/mol. The van der Waals surface area contributed by atoms with Crippen LogP contribution in [0.1, 0.15) is 29.6 Å². The number of anilines is 2. The molecular formula is C19H18ClIN4O3S. The van der Waals surface area contributed by atoms with Crippen LogP contribution in [0.5, 0.6) is 0 Å². The third-order valence-corrected chi connectivity index (χ3v) is 5.73. The first-order valence-corrected chi connectivity index (χ1v) is 10.8.